The minimum atomic E-state index is -0.437. The number of carbonyl (C=O) groups is 1. The lowest BCUT2D eigenvalue weighted by molar-refractivity contribution is 0.108. The minimum Gasteiger partial charge on any atom is -0.494 e. The van der Waals surface area contributed by atoms with E-state index in [-0.39, 0.29) is 0 Å². The SMILES string of the molecule is CCOc1ccc(-c2ccc(C(=O)Cl)cc2)cc1. The van der Waals surface area contributed by atoms with Crippen LogP contribution in [0.25, 0.3) is 11.1 Å². The first-order valence-corrected chi connectivity index (χ1v) is 6.11. The van der Waals surface area contributed by atoms with Crippen molar-refractivity contribution in [2.75, 3.05) is 6.61 Å². The average molecular weight is 261 g/mol. The summed E-state index contributed by atoms with van der Waals surface area (Å²) in [4.78, 5) is 11.0. The van der Waals surface area contributed by atoms with Crippen molar-refractivity contribution < 1.29 is 9.53 Å². The summed E-state index contributed by atoms with van der Waals surface area (Å²) in [5.41, 5.74) is 2.62. The lowest BCUT2D eigenvalue weighted by atomic mass is 10.0. The van der Waals surface area contributed by atoms with Gasteiger partial charge in [0.2, 0.25) is 0 Å². The highest BCUT2D eigenvalue weighted by atomic mass is 35.5. The molecule has 0 bridgehead atoms. The molecule has 0 heterocycles. The molecule has 0 aliphatic rings. The first-order chi connectivity index (χ1) is 8.70. The van der Waals surface area contributed by atoms with Gasteiger partial charge in [0.25, 0.3) is 5.24 Å². The Morgan fingerprint density at radius 1 is 1.00 bits per heavy atom. The van der Waals surface area contributed by atoms with Crippen LogP contribution in [0.15, 0.2) is 48.5 Å². The maximum atomic E-state index is 11.0. The summed E-state index contributed by atoms with van der Waals surface area (Å²) in [5.74, 6) is 0.855. The van der Waals surface area contributed by atoms with Gasteiger partial charge in [0.1, 0.15) is 5.75 Å². The Hall–Kier alpha value is -1.80. The molecule has 18 heavy (non-hydrogen) atoms. The number of benzene rings is 2. The third-order valence-corrected chi connectivity index (χ3v) is 2.83. The number of halogens is 1. The van der Waals surface area contributed by atoms with Crippen LogP contribution in [0.4, 0.5) is 0 Å². The molecule has 2 aromatic carbocycles. The lowest BCUT2D eigenvalue weighted by Gasteiger charge is -2.05. The number of hydrogen-bond acceptors (Lipinski definition) is 2. The summed E-state index contributed by atoms with van der Waals surface area (Å²) in [6, 6.07) is 15.0. The fraction of sp³-hybridized carbons (Fsp3) is 0.133. The largest absolute Gasteiger partial charge is 0.494 e. The van der Waals surface area contributed by atoms with E-state index in [0.717, 1.165) is 16.9 Å². The normalized spacial score (nSPS) is 10.1. The second kappa shape index (κ2) is 5.69. The minimum absolute atomic E-state index is 0.437. The van der Waals surface area contributed by atoms with Gasteiger partial charge in [0.05, 0.1) is 6.61 Å². The van der Waals surface area contributed by atoms with Crippen molar-refractivity contribution in [2.24, 2.45) is 0 Å². The third-order valence-electron chi connectivity index (χ3n) is 2.61. The zero-order valence-electron chi connectivity index (χ0n) is 10.0. The van der Waals surface area contributed by atoms with Crippen LogP contribution < -0.4 is 4.74 Å². The van der Waals surface area contributed by atoms with E-state index in [9.17, 15) is 4.79 Å². The highest BCUT2D eigenvalue weighted by Gasteiger charge is 2.02. The molecule has 0 aromatic heterocycles. The molecule has 2 aromatic rings. The topological polar surface area (TPSA) is 26.3 Å². The Morgan fingerprint density at radius 3 is 1.94 bits per heavy atom. The van der Waals surface area contributed by atoms with E-state index in [4.69, 9.17) is 16.3 Å². The van der Waals surface area contributed by atoms with E-state index in [1.165, 1.54) is 0 Å². The predicted molar refractivity (Wildman–Crippen MR) is 73.2 cm³/mol. The monoisotopic (exact) mass is 260 g/mol. The van der Waals surface area contributed by atoms with Crippen LogP contribution in [0.5, 0.6) is 5.75 Å². The predicted octanol–water partition coefficient (Wildman–Crippen LogP) is 4.13. The van der Waals surface area contributed by atoms with Crippen LogP contribution in [-0.2, 0) is 0 Å². The molecule has 0 aliphatic carbocycles. The van der Waals surface area contributed by atoms with Crippen LogP contribution >= 0.6 is 11.6 Å². The van der Waals surface area contributed by atoms with Gasteiger partial charge in [-0.15, -0.1) is 0 Å². The third kappa shape index (κ3) is 2.90. The number of rotatable bonds is 4. The molecule has 0 saturated heterocycles. The van der Waals surface area contributed by atoms with Gasteiger partial charge < -0.3 is 4.74 Å². The summed E-state index contributed by atoms with van der Waals surface area (Å²) >= 11 is 5.40. The smallest absolute Gasteiger partial charge is 0.252 e. The Labute approximate surface area is 111 Å². The maximum absolute atomic E-state index is 11.0. The molecule has 92 valence electrons. The molecule has 0 unspecified atom stereocenters. The van der Waals surface area contributed by atoms with Crippen molar-refractivity contribution in [3.63, 3.8) is 0 Å². The van der Waals surface area contributed by atoms with Crippen molar-refractivity contribution in [1.29, 1.82) is 0 Å². The highest BCUT2D eigenvalue weighted by molar-refractivity contribution is 6.67. The molecule has 0 N–H and O–H groups in total. The van der Waals surface area contributed by atoms with E-state index >= 15 is 0 Å². The van der Waals surface area contributed by atoms with Crippen LogP contribution in [0.3, 0.4) is 0 Å². The summed E-state index contributed by atoms with van der Waals surface area (Å²) in [7, 11) is 0. The second-order valence-electron chi connectivity index (χ2n) is 3.81. The van der Waals surface area contributed by atoms with Gasteiger partial charge >= 0.3 is 0 Å². The van der Waals surface area contributed by atoms with Crippen molar-refractivity contribution >= 4 is 16.8 Å². The van der Waals surface area contributed by atoms with Crippen LogP contribution in [0, 0.1) is 0 Å². The van der Waals surface area contributed by atoms with E-state index in [0.29, 0.717) is 12.2 Å². The van der Waals surface area contributed by atoms with Crippen LogP contribution in [0.1, 0.15) is 17.3 Å². The summed E-state index contributed by atoms with van der Waals surface area (Å²) < 4.78 is 5.39. The summed E-state index contributed by atoms with van der Waals surface area (Å²) in [5, 5.41) is -0.437. The Kier molecular flexibility index (Phi) is 4.00. The maximum Gasteiger partial charge on any atom is 0.252 e. The standard InChI is InChI=1S/C15H13ClO2/c1-2-18-14-9-7-12(8-10-14)11-3-5-13(6-4-11)15(16)17/h3-10H,2H2,1H3. The molecular weight excluding hydrogens is 248 g/mol. The van der Waals surface area contributed by atoms with E-state index in [2.05, 4.69) is 0 Å². The molecule has 0 fully saturated rings. The molecule has 2 nitrogen and oxygen atoms in total. The average Bonchev–Trinajstić information content (AvgIpc) is 2.40. The van der Waals surface area contributed by atoms with Gasteiger partial charge in [-0.05, 0) is 53.9 Å². The number of hydrogen-bond donors (Lipinski definition) is 0. The van der Waals surface area contributed by atoms with E-state index in [1.54, 1.807) is 12.1 Å². The fourth-order valence-electron chi connectivity index (χ4n) is 1.70. The molecule has 0 amide bonds. The summed E-state index contributed by atoms with van der Waals surface area (Å²) in [6.07, 6.45) is 0. The van der Waals surface area contributed by atoms with Gasteiger partial charge in [-0.2, -0.15) is 0 Å². The van der Waals surface area contributed by atoms with Gasteiger partial charge in [0, 0.05) is 5.56 Å². The molecular formula is C15H13ClO2. The van der Waals surface area contributed by atoms with Crippen molar-refractivity contribution in [2.45, 2.75) is 6.92 Å². The molecule has 2 rings (SSSR count). The van der Waals surface area contributed by atoms with Gasteiger partial charge in [0.15, 0.2) is 0 Å². The Bertz CT molecular complexity index is 529. The number of carbonyl (C=O) groups excluding carboxylic acids is 1. The second-order valence-corrected chi connectivity index (χ2v) is 4.15. The molecule has 3 heteroatoms. The lowest BCUT2D eigenvalue weighted by Crippen LogP contribution is -1.91. The first-order valence-electron chi connectivity index (χ1n) is 5.74. The quantitative estimate of drug-likeness (QED) is 0.773. The van der Waals surface area contributed by atoms with Crippen LogP contribution in [-0.4, -0.2) is 11.8 Å². The van der Waals surface area contributed by atoms with Crippen LogP contribution in [0.2, 0.25) is 0 Å². The molecule has 0 aliphatic heterocycles. The van der Waals surface area contributed by atoms with Crippen molar-refractivity contribution in [3.05, 3.63) is 54.1 Å². The zero-order valence-corrected chi connectivity index (χ0v) is 10.8. The van der Waals surface area contributed by atoms with E-state index in [1.807, 2.05) is 43.3 Å². The summed E-state index contributed by atoms with van der Waals surface area (Å²) in [6.45, 7) is 2.61. The van der Waals surface area contributed by atoms with Gasteiger partial charge in [-0.3, -0.25) is 4.79 Å². The molecule has 0 saturated carbocycles. The van der Waals surface area contributed by atoms with Gasteiger partial charge in [-0.25, -0.2) is 0 Å². The van der Waals surface area contributed by atoms with Crippen molar-refractivity contribution in [3.8, 4) is 16.9 Å². The Balaban J connectivity index is 2.23. The van der Waals surface area contributed by atoms with E-state index < -0.39 is 5.24 Å². The fourth-order valence-corrected chi connectivity index (χ4v) is 1.83. The first kappa shape index (κ1) is 12.7. The molecule has 0 atom stereocenters. The zero-order chi connectivity index (χ0) is 13.0. The van der Waals surface area contributed by atoms with Crippen molar-refractivity contribution in [1.82, 2.24) is 0 Å². The molecule has 0 spiro atoms. The molecule has 0 radical (unpaired) electrons. The number of ether oxygens (including phenoxy) is 1. The Morgan fingerprint density at radius 2 is 1.50 bits per heavy atom. The highest BCUT2D eigenvalue weighted by Crippen LogP contribution is 2.23. The van der Waals surface area contributed by atoms with Gasteiger partial charge in [-0.1, -0.05) is 24.3 Å².